The van der Waals surface area contributed by atoms with Gasteiger partial charge in [-0.05, 0) is 25.2 Å². The van der Waals surface area contributed by atoms with E-state index >= 15 is 0 Å². The van der Waals surface area contributed by atoms with Crippen LogP contribution in [0.25, 0.3) is 0 Å². The van der Waals surface area contributed by atoms with Crippen LogP contribution in [-0.2, 0) is 4.74 Å². The molecular weight excluding hydrogens is 242 g/mol. The summed E-state index contributed by atoms with van der Waals surface area (Å²) in [6.45, 7) is 0.577. The molecule has 3 rings (SSSR count). The molecule has 1 aromatic heterocycles. The van der Waals surface area contributed by atoms with Crippen molar-refractivity contribution in [1.82, 2.24) is 15.3 Å². The first-order valence-corrected chi connectivity index (χ1v) is 7.24. The highest BCUT2D eigenvalue weighted by molar-refractivity contribution is 5.68. The van der Waals surface area contributed by atoms with E-state index in [-0.39, 0.29) is 12.1 Å². The van der Waals surface area contributed by atoms with Gasteiger partial charge in [-0.2, -0.15) is 0 Å². The zero-order valence-electron chi connectivity index (χ0n) is 11.1. The first-order chi connectivity index (χ1) is 9.33. The van der Waals surface area contributed by atoms with Crippen LogP contribution in [0.3, 0.4) is 0 Å². The van der Waals surface area contributed by atoms with E-state index < -0.39 is 0 Å². The number of rotatable bonds is 4. The molecule has 0 aromatic carbocycles. The monoisotopic (exact) mass is 263 g/mol. The van der Waals surface area contributed by atoms with Crippen LogP contribution >= 0.6 is 0 Å². The number of amides is 1. The Labute approximate surface area is 113 Å². The summed E-state index contributed by atoms with van der Waals surface area (Å²) in [6.07, 6.45) is 10.5. The lowest BCUT2D eigenvalue weighted by atomic mass is 9.90. The summed E-state index contributed by atoms with van der Waals surface area (Å²) in [5, 5.41) is 2.92. The summed E-state index contributed by atoms with van der Waals surface area (Å²) in [6, 6.07) is 0.208. The molecule has 0 aliphatic heterocycles. The number of carbonyl (C=O) groups excluding carboxylic acids is 1. The van der Waals surface area contributed by atoms with Gasteiger partial charge in [0.25, 0.3) is 0 Å². The Kier molecular flexibility index (Phi) is 3.71. The molecule has 0 radical (unpaired) electrons. The molecule has 1 heterocycles. The number of aromatic amines is 1. The van der Waals surface area contributed by atoms with Gasteiger partial charge in [0.2, 0.25) is 0 Å². The van der Waals surface area contributed by atoms with Gasteiger partial charge in [-0.15, -0.1) is 0 Å². The molecule has 1 aromatic rings. The Morgan fingerprint density at radius 1 is 1.42 bits per heavy atom. The molecule has 2 N–H and O–H groups in total. The second-order valence-corrected chi connectivity index (χ2v) is 5.70. The molecule has 0 unspecified atom stereocenters. The summed E-state index contributed by atoms with van der Waals surface area (Å²) in [5.41, 5.74) is 1.09. The maximum atomic E-state index is 11.7. The summed E-state index contributed by atoms with van der Waals surface area (Å²) in [7, 11) is 0. The standard InChI is InChI=1S/C14H21N3O2/c18-14(19-8-10-4-2-1-3-5-10)17-12-6-11(12)13-7-15-9-16-13/h7,9-12H,1-6,8H2,(H,15,16)(H,17,18)/t11-,12-/m0/s1. The third kappa shape index (κ3) is 3.28. The van der Waals surface area contributed by atoms with Gasteiger partial charge in [0.1, 0.15) is 0 Å². The molecule has 0 saturated heterocycles. The van der Waals surface area contributed by atoms with E-state index in [1.807, 2.05) is 6.20 Å². The Balaban J connectivity index is 1.36. The van der Waals surface area contributed by atoms with Crippen molar-refractivity contribution in [2.45, 2.75) is 50.5 Å². The minimum atomic E-state index is -0.266. The van der Waals surface area contributed by atoms with Crippen LogP contribution in [-0.4, -0.2) is 28.7 Å². The van der Waals surface area contributed by atoms with E-state index in [9.17, 15) is 4.79 Å². The van der Waals surface area contributed by atoms with E-state index in [0.29, 0.717) is 18.4 Å². The minimum absolute atomic E-state index is 0.208. The highest BCUT2D eigenvalue weighted by Gasteiger charge is 2.41. The molecular formula is C14H21N3O2. The zero-order valence-corrected chi connectivity index (χ0v) is 11.1. The predicted molar refractivity (Wildman–Crippen MR) is 70.8 cm³/mol. The van der Waals surface area contributed by atoms with Crippen LogP contribution in [0.15, 0.2) is 12.5 Å². The number of ether oxygens (including phenoxy) is 1. The minimum Gasteiger partial charge on any atom is -0.449 e. The Morgan fingerprint density at radius 3 is 3.00 bits per heavy atom. The fourth-order valence-electron chi connectivity index (χ4n) is 2.91. The number of carbonyl (C=O) groups is 1. The summed E-state index contributed by atoms with van der Waals surface area (Å²) in [5.74, 6) is 0.951. The zero-order chi connectivity index (χ0) is 13.1. The maximum absolute atomic E-state index is 11.7. The van der Waals surface area contributed by atoms with Gasteiger partial charge in [0.15, 0.2) is 0 Å². The summed E-state index contributed by atoms with van der Waals surface area (Å²) >= 11 is 0. The quantitative estimate of drug-likeness (QED) is 0.877. The van der Waals surface area contributed by atoms with Crippen molar-refractivity contribution in [2.75, 3.05) is 6.61 Å². The molecule has 5 nitrogen and oxygen atoms in total. The molecule has 2 aliphatic rings. The second-order valence-electron chi connectivity index (χ2n) is 5.70. The Bertz CT molecular complexity index is 412. The van der Waals surface area contributed by atoms with Gasteiger partial charge >= 0.3 is 6.09 Å². The molecule has 1 amide bonds. The van der Waals surface area contributed by atoms with E-state index in [0.717, 1.165) is 12.1 Å². The number of nitrogens with zero attached hydrogens (tertiary/aromatic N) is 1. The van der Waals surface area contributed by atoms with Crippen molar-refractivity contribution in [3.05, 3.63) is 18.2 Å². The molecule has 5 heteroatoms. The molecule has 0 spiro atoms. The topological polar surface area (TPSA) is 67.0 Å². The molecule has 2 atom stereocenters. The first kappa shape index (κ1) is 12.5. The third-order valence-electron chi connectivity index (χ3n) is 4.19. The van der Waals surface area contributed by atoms with E-state index in [1.54, 1.807) is 6.33 Å². The van der Waals surface area contributed by atoms with E-state index in [2.05, 4.69) is 15.3 Å². The van der Waals surface area contributed by atoms with Crippen molar-refractivity contribution >= 4 is 6.09 Å². The number of nitrogens with one attached hydrogen (secondary N) is 2. The average Bonchev–Trinajstić information content (AvgIpc) is 2.99. The fraction of sp³-hybridized carbons (Fsp3) is 0.714. The predicted octanol–water partition coefficient (Wildman–Crippen LogP) is 2.57. The number of imidazole rings is 1. The number of hydrogen-bond acceptors (Lipinski definition) is 3. The van der Waals surface area contributed by atoms with Gasteiger partial charge in [-0.25, -0.2) is 9.78 Å². The van der Waals surface area contributed by atoms with Crippen molar-refractivity contribution in [3.8, 4) is 0 Å². The van der Waals surface area contributed by atoms with Crippen LogP contribution in [0.5, 0.6) is 0 Å². The van der Waals surface area contributed by atoms with E-state index in [4.69, 9.17) is 4.74 Å². The molecule has 2 aliphatic carbocycles. The van der Waals surface area contributed by atoms with Crippen LogP contribution in [0.1, 0.15) is 50.1 Å². The lowest BCUT2D eigenvalue weighted by Gasteiger charge is -2.21. The Hall–Kier alpha value is -1.52. The van der Waals surface area contributed by atoms with Gasteiger partial charge in [0.05, 0.1) is 12.9 Å². The highest BCUT2D eigenvalue weighted by atomic mass is 16.5. The van der Waals surface area contributed by atoms with Gasteiger partial charge in [-0.3, -0.25) is 0 Å². The lowest BCUT2D eigenvalue weighted by molar-refractivity contribution is 0.115. The largest absolute Gasteiger partial charge is 0.449 e. The maximum Gasteiger partial charge on any atom is 0.407 e. The number of H-pyrrole nitrogens is 1. The van der Waals surface area contributed by atoms with Crippen LogP contribution in [0.4, 0.5) is 4.79 Å². The smallest absolute Gasteiger partial charge is 0.407 e. The highest BCUT2D eigenvalue weighted by Crippen LogP contribution is 2.39. The fourth-order valence-corrected chi connectivity index (χ4v) is 2.91. The first-order valence-electron chi connectivity index (χ1n) is 7.24. The van der Waals surface area contributed by atoms with Gasteiger partial charge < -0.3 is 15.0 Å². The SMILES string of the molecule is O=C(N[C@H]1C[C@@H]1c1cnc[nH]1)OCC1CCCCC1. The van der Waals surface area contributed by atoms with Crippen LogP contribution in [0, 0.1) is 5.92 Å². The van der Waals surface area contributed by atoms with Crippen molar-refractivity contribution in [1.29, 1.82) is 0 Å². The van der Waals surface area contributed by atoms with E-state index in [1.165, 1.54) is 32.1 Å². The van der Waals surface area contributed by atoms with Gasteiger partial charge in [0, 0.05) is 23.9 Å². The van der Waals surface area contributed by atoms with Crippen LogP contribution < -0.4 is 5.32 Å². The Morgan fingerprint density at radius 2 is 2.26 bits per heavy atom. The van der Waals surface area contributed by atoms with Crippen LogP contribution in [0.2, 0.25) is 0 Å². The second kappa shape index (κ2) is 5.63. The number of alkyl carbamates (subject to hydrolysis) is 1. The molecule has 104 valence electrons. The normalized spacial score (nSPS) is 26.9. The lowest BCUT2D eigenvalue weighted by Crippen LogP contribution is -2.29. The number of hydrogen-bond donors (Lipinski definition) is 2. The molecule has 2 saturated carbocycles. The molecule has 0 bridgehead atoms. The van der Waals surface area contributed by atoms with Crippen molar-refractivity contribution in [2.24, 2.45) is 5.92 Å². The van der Waals surface area contributed by atoms with Crippen molar-refractivity contribution < 1.29 is 9.53 Å². The molecule has 19 heavy (non-hydrogen) atoms. The summed E-state index contributed by atoms with van der Waals surface area (Å²) in [4.78, 5) is 18.8. The van der Waals surface area contributed by atoms with Crippen molar-refractivity contribution in [3.63, 3.8) is 0 Å². The third-order valence-corrected chi connectivity index (χ3v) is 4.19. The molecule has 2 fully saturated rings. The average molecular weight is 263 g/mol. The number of aromatic nitrogens is 2. The van der Waals surface area contributed by atoms with Gasteiger partial charge in [-0.1, -0.05) is 19.3 Å². The summed E-state index contributed by atoms with van der Waals surface area (Å²) < 4.78 is 5.32.